The average Bonchev–Trinajstić information content (AvgIpc) is 2.69. The second kappa shape index (κ2) is 3.92. The second-order valence-electron chi connectivity index (χ2n) is 3.62. The van der Waals surface area contributed by atoms with Crippen LogP contribution in [0, 0.1) is 5.92 Å². The summed E-state index contributed by atoms with van der Waals surface area (Å²) < 4.78 is 4.91. The zero-order chi connectivity index (χ0) is 9.97. The Bertz CT molecular complexity index is 392. The van der Waals surface area contributed by atoms with Crippen LogP contribution in [-0.2, 0) is 6.42 Å². The number of hydrogen-bond acceptors (Lipinski definition) is 4. The fourth-order valence-corrected chi connectivity index (χ4v) is 2.04. The average molecular weight is 208 g/mol. The third-order valence-corrected chi connectivity index (χ3v) is 2.73. The lowest BCUT2D eigenvalue weighted by molar-refractivity contribution is 0.558. The van der Waals surface area contributed by atoms with Crippen molar-refractivity contribution in [1.82, 2.24) is 9.97 Å². The third kappa shape index (κ3) is 2.01. The van der Waals surface area contributed by atoms with Crippen LogP contribution in [0.1, 0.15) is 19.5 Å². The smallest absolute Gasteiger partial charge is 0.181 e. The summed E-state index contributed by atoms with van der Waals surface area (Å²) in [6.07, 6.45) is 4.07. The minimum Gasteiger partial charge on any atom is -0.451 e. The van der Waals surface area contributed by atoms with E-state index in [-0.39, 0.29) is 0 Å². The van der Waals surface area contributed by atoms with Crippen LogP contribution in [-0.4, -0.2) is 9.97 Å². The Morgan fingerprint density at radius 2 is 2.36 bits per heavy atom. The van der Waals surface area contributed by atoms with Crippen LogP contribution < -0.4 is 0 Å². The Morgan fingerprint density at radius 3 is 3.00 bits per heavy atom. The summed E-state index contributed by atoms with van der Waals surface area (Å²) in [5, 5.41) is 3.03. The van der Waals surface area contributed by atoms with Gasteiger partial charge in [-0.05, 0) is 12.3 Å². The highest BCUT2D eigenvalue weighted by Gasteiger charge is 2.07. The van der Waals surface area contributed by atoms with E-state index in [0.29, 0.717) is 5.92 Å². The Kier molecular flexibility index (Phi) is 2.63. The molecule has 2 aromatic heterocycles. The van der Waals surface area contributed by atoms with Crippen molar-refractivity contribution in [2.24, 2.45) is 5.92 Å². The number of oxazole rings is 1. The maximum absolute atomic E-state index is 4.91. The van der Waals surface area contributed by atoms with Gasteiger partial charge in [0.15, 0.2) is 6.39 Å². The normalized spacial score (nSPS) is 11.1. The van der Waals surface area contributed by atoms with E-state index in [2.05, 4.69) is 29.2 Å². The highest BCUT2D eigenvalue weighted by molar-refractivity contribution is 7.13. The number of hydrogen-bond donors (Lipinski definition) is 0. The van der Waals surface area contributed by atoms with Gasteiger partial charge in [0.25, 0.3) is 0 Å². The van der Waals surface area contributed by atoms with E-state index < -0.39 is 0 Å². The van der Waals surface area contributed by atoms with Crippen molar-refractivity contribution in [3.05, 3.63) is 23.7 Å². The largest absolute Gasteiger partial charge is 0.451 e. The van der Waals surface area contributed by atoms with Gasteiger partial charge >= 0.3 is 0 Å². The standard InChI is InChI=1S/C10H12N2OS/c1-7(2)3-8-5-14-10(12-8)9-4-13-6-11-9/h4-7H,3H2,1-2H3. The molecule has 0 spiro atoms. The second-order valence-corrected chi connectivity index (χ2v) is 4.47. The summed E-state index contributed by atoms with van der Waals surface area (Å²) in [5.41, 5.74) is 1.97. The van der Waals surface area contributed by atoms with Gasteiger partial charge in [0.05, 0.1) is 5.69 Å². The highest BCUT2D eigenvalue weighted by Crippen LogP contribution is 2.22. The molecule has 2 rings (SSSR count). The lowest BCUT2D eigenvalue weighted by Gasteiger charge is -1.98. The molecule has 2 aromatic rings. The van der Waals surface area contributed by atoms with E-state index >= 15 is 0 Å². The summed E-state index contributed by atoms with van der Waals surface area (Å²) in [6.45, 7) is 4.38. The fourth-order valence-electron chi connectivity index (χ4n) is 1.25. The highest BCUT2D eigenvalue weighted by atomic mass is 32.1. The minimum absolute atomic E-state index is 0.641. The molecule has 0 atom stereocenters. The third-order valence-electron chi connectivity index (χ3n) is 1.82. The van der Waals surface area contributed by atoms with Gasteiger partial charge < -0.3 is 4.42 Å². The van der Waals surface area contributed by atoms with Crippen molar-refractivity contribution >= 4 is 11.3 Å². The van der Waals surface area contributed by atoms with Gasteiger partial charge in [0.1, 0.15) is 17.0 Å². The minimum atomic E-state index is 0.641. The zero-order valence-corrected chi connectivity index (χ0v) is 9.04. The first-order valence-corrected chi connectivity index (χ1v) is 5.46. The van der Waals surface area contributed by atoms with Crippen molar-refractivity contribution in [3.8, 4) is 10.7 Å². The lowest BCUT2D eigenvalue weighted by atomic mass is 10.1. The van der Waals surface area contributed by atoms with E-state index in [1.54, 1.807) is 17.6 Å². The molecular formula is C10H12N2OS. The van der Waals surface area contributed by atoms with Crippen LogP contribution in [0.5, 0.6) is 0 Å². The first kappa shape index (κ1) is 9.40. The molecule has 0 saturated carbocycles. The molecule has 0 aliphatic carbocycles. The summed E-state index contributed by atoms with van der Waals surface area (Å²) >= 11 is 1.62. The van der Waals surface area contributed by atoms with Gasteiger partial charge in [-0.1, -0.05) is 13.8 Å². The summed E-state index contributed by atoms with van der Waals surface area (Å²) in [7, 11) is 0. The molecule has 0 aliphatic heterocycles. The molecule has 0 N–H and O–H groups in total. The van der Waals surface area contributed by atoms with E-state index in [4.69, 9.17) is 4.42 Å². The lowest BCUT2D eigenvalue weighted by Crippen LogP contribution is -1.93. The topological polar surface area (TPSA) is 38.9 Å². The van der Waals surface area contributed by atoms with Crippen molar-refractivity contribution in [1.29, 1.82) is 0 Å². The maximum atomic E-state index is 4.91. The van der Waals surface area contributed by atoms with Gasteiger partial charge in [-0.3, -0.25) is 0 Å². The molecule has 3 nitrogen and oxygen atoms in total. The number of thiazole rings is 1. The Labute approximate surface area is 86.8 Å². The van der Waals surface area contributed by atoms with E-state index in [0.717, 1.165) is 22.8 Å². The molecule has 0 saturated heterocycles. The van der Waals surface area contributed by atoms with Gasteiger partial charge in [-0.2, -0.15) is 0 Å². The maximum Gasteiger partial charge on any atom is 0.181 e. The molecular weight excluding hydrogens is 196 g/mol. The van der Waals surface area contributed by atoms with E-state index in [1.807, 2.05) is 0 Å². The monoisotopic (exact) mass is 208 g/mol. The van der Waals surface area contributed by atoms with Crippen molar-refractivity contribution in [2.45, 2.75) is 20.3 Å². The molecule has 74 valence electrons. The molecule has 14 heavy (non-hydrogen) atoms. The molecule has 4 heteroatoms. The SMILES string of the molecule is CC(C)Cc1csc(-c2cocn2)n1. The fraction of sp³-hybridized carbons (Fsp3) is 0.400. The molecule has 0 fully saturated rings. The molecule has 0 amide bonds. The Morgan fingerprint density at radius 1 is 1.50 bits per heavy atom. The number of aromatic nitrogens is 2. The van der Waals surface area contributed by atoms with Crippen LogP contribution in [0.3, 0.4) is 0 Å². The number of nitrogens with zero attached hydrogens (tertiary/aromatic N) is 2. The van der Waals surface area contributed by atoms with Crippen LogP contribution in [0.15, 0.2) is 22.5 Å². The first-order chi connectivity index (χ1) is 6.75. The summed E-state index contributed by atoms with van der Waals surface area (Å²) in [4.78, 5) is 8.55. The van der Waals surface area contributed by atoms with Gasteiger partial charge in [-0.15, -0.1) is 11.3 Å². The van der Waals surface area contributed by atoms with Crippen LogP contribution in [0.4, 0.5) is 0 Å². The number of rotatable bonds is 3. The van der Waals surface area contributed by atoms with Crippen LogP contribution in [0.25, 0.3) is 10.7 Å². The molecule has 0 radical (unpaired) electrons. The zero-order valence-electron chi connectivity index (χ0n) is 8.23. The van der Waals surface area contributed by atoms with Crippen LogP contribution >= 0.6 is 11.3 Å². The van der Waals surface area contributed by atoms with Crippen molar-refractivity contribution in [2.75, 3.05) is 0 Å². The Balaban J connectivity index is 2.18. The van der Waals surface area contributed by atoms with E-state index in [9.17, 15) is 0 Å². The quantitative estimate of drug-likeness (QED) is 0.778. The summed E-state index contributed by atoms with van der Waals surface area (Å²) in [6, 6.07) is 0. The van der Waals surface area contributed by atoms with Crippen molar-refractivity contribution < 1.29 is 4.42 Å². The molecule has 0 unspecified atom stereocenters. The van der Waals surface area contributed by atoms with Crippen molar-refractivity contribution in [3.63, 3.8) is 0 Å². The van der Waals surface area contributed by atoms with Crippen LogP contribution in [0.2, 0.25) is 0 Å². The molecule has 0 aliphatic rings. The molecule has 0 bridgehead atoms. The molecule has 0 aromatic carbocycles. The predicted molar refractivity (Wildman–Crippen MR) is 56.2 cm³/mol. The molecule has 2 heterocycles. The predicted octanol–water partition coefficient (Wildman–Crippen LogP) is 3.00. The van der Waals surface area contributed by atoms with Gasteiger partial charge in [0.2, 0.25) is 0 Å². The van der Waals surface area contributed by atoms with Gasteiger partial charge in [-0.25, -0.2) is 9.97 Å². The Hall–Kier alpha value is -1.16. The first-order valence-electron chi connectivity index (χ1n) is 4.58. The summed E-state index contributed by atoms with van der Waals surface area (Å²) in [5.74, 6) is 0.641. The van der Waals surface area contributed by atoms with Gasteiger partial charge in [0, 0.05) is 5.38 Å². The van der Waals surface area contributed by atoms with E-state index in [1.165, 1.54) is 6.39 Å².